The number of ether oxygens (including phenoxy) is 1. The van der Waals surface area contributed by atoms with Crippen LogP contribution >= 0.6 is 0 Å². The lowest BCUT2D eigenvalue weighted by Gasteiger charge is -2.30. The molecule has 2 heterocycles. The fraction of sp³-hybridized carbons (Fsp3) is 0.486. The smallest absolute Gasteiger partial charge is 0.255 e. The quantitative estimate of drug-likeness (QED) is 0.312. The molecule has 1 fully saturated rings. The van der Waals surface area contributed by atoms with Crippen LogP contribution in [0.1, 0.15) is 75.4 Å². The van der Waals surface area contributed by atoms with Gasteiger partial charge < -0.3 is 36.2 Å². The van der Waals surface area contributed by atoms with Gasteiger partial charge in [0.05, 0.1) is 18.0 Å². The molecule has 13 heteroatoms. The average Bonchev–Trinajstić information content (AvgIpc) is 3.44. The summed E-state index contributed by atoms with van der Waals surface area (Å²) in [7, 11) is 0. The van der Waals surface area contributed by atoms with Gasteiger partial charge in [-0.1, -0.05) is 50.2 Å². The summed E-state index contributed by atoms with van der Waals surface area (Å²) in [6, 6.07) is 11.3. The van der Waals surface area contributed by atoms with Crippen LogP contribution in [0.25, 0.3) is 0 Å². The van der Waals surface area contributed by atoms with Gasteiger partial charge in [0, 0.05) is 26.1 Å². The zero-order valence-corrected chi connectivity index (χ0v) is 28.2. The van der Waals surface area contributed by atoms with Crippen molar-refractivity contribution in [3.63, 3.8) is 0 Å². The highest BCUT2D eigenvalue weighted by Gasteiger charge is 2.36. The first kappa shape index (κ1) is 35.9. The molecule has 0 aliphatic carbocycles. The number of likely N-dealkylation sites (tertiary alicyclic amines) is 1. The van der Waals surface area contributed by atoms with E-state index >= 15 is 0 Å². The topological polar surface area (TPSA) is 175 Å². The van der Waals surface area contributed by atoms with Crippen LogP contribution in [0.2, 0.25) is 0 Å². The average molecular weight is 663 g/mol. The maximum Gasteiger partial charge on any atom is 0.255 e. The van der Waals surface area contributed by atoms with Gasteiger partial charge in [-0.3, -0.25) is 28.8 Å². The molecule has 5 N–H and O–H groups in total. The minimum Gasteiger partial charge on any atom is -0.491 e. The molecule has 6 amide bonds. The van der Waals surface area contributed by atoms with E-state index < -0.39 is 59.6 Å². The summed E-state index contributed by atoms with van der Waals surface area (Å²) in [5, 5.41) is 13.7. The Morgan fingerprint density at radius 3 is 2.33 bits per heavy atom. The van der Waals surface area contributed by atoms with Crippen molar-refractivity contribution in [1.82, 2.24) is 31.5 Å². The summed E-state index contributed by atoms with van der Waals surface area (Å²) in [5.74, 6) is -2.81. The number of benzene rings is 2. The summed E-state index contributed by atoms with van der Waals surface area (Å²) >= 11 is 0. The van der Waals surface area contributed by atoms with E-state index in [2.05, 4.69) is 26.6 Å². The maximum absolute atomic E-state index is 13.5. The van der Waals surface area contributed by atoms with Gasteiger partial charge in [-0.25, -0.2) is 0 Å². The normalized spacial score (nSPS) is 22.4. The molecule has 0 unspecified atom stereocenters. The molecule has 2 aliphatic heterocycles. The van der Waals surface area contributed by atoms with Crippen molar-refractivity contribution in [2.75, 3.05) is 13.2 Å². The van der Waals surface area contributed by atoms with Gasteiger partial charge in [-0.2, -0.15) is 0 Å². The lowest BCUT2D eigenvalue weighted by molar-refractivity contribution is -0.136. The first-order chi connectivity index (χ1) is 22.7. The second-order valence-electron chi connectivity index (χ2n) is 13.3. The Labute approximate surface area is 280 Å². The second-order valence-corrected chi connectivity index (χ2v) is 13.3. The molecule has 0 aromatic heterocycles. The van der Waals surface area contributed by atoms with Gasteiger partial charge in [0.15, 0.2) is 0 Å². The maximum atomic E-state index is 13.5. The fourth-order valence-electron chi connectivity index (χ4n) is 5.48. The zero-order chi connectivity index (χ0) is 35.0. The number of para-hydroxylation sites is 1. The molecule has 13 nitrogen and oxygen atoms in total. The summed E-state index contributed by atoms with van der Waals surface area (Å²) in [6.07, 6.45) is 0.961. The van der Waals surface area contributed by atoms with E-state index in [1.54, 1.807) is 39.0 Å². The van der Waals surface area contributed by atoms with Crippen LogP contribution in [0, 0.1) is 5.92 Å². The Hall–Kier alpha value is -4.94. The van der Waals surface area contributed by atoms with Crippen LogP contribution in [0.4, 0.5) is 0 Å². The van der Waals surface area contributed by atoms with E-state index in [1.165, 1.54) is 19.9 Å². The third-order valence-corrected chi connectivity index (χ3v) is 8.31. The Morgan fingerprint density at radius 1 is 0.979 bits per heavy atom. The van der Waals surface area contributed by atoms with Crippen molar-refractivity contribution in [1.29, 1.82) is 0 Å². The molecule has 48 heavy (non-hydrogen) atoms. The van der Waals surface area contributed by atoms with E-state index in [9.17, 15) is 28.8 Å². The number of nitrogens with zero attached hydrogens (tertiary/aromatic N) is 1. The Kier molecular flexibility index (Phi) is 11.8. The Bertz CT molecular complexity index is 1520. The van der Waals surface area contributed by atoms with E-state index in [0.29, 0.717) is 13.0 Å². The summed E-state index contributed by atoms with van der Waals surface area (Å²) in [5.41, 5.74) is 0.447. The molecule has 1 saturated heterocycles. The van der Waals surface area contributed by atoms with Crippen molar-refractivity contribution >= 4 is 35.4 Å². The summed E-state index contributed by atoms with van der Waals surface area (Å²) in [6.45, 7) is 9.73. The van der Waals surface area contributed by atoms with Gasteiger partial charge in [0.1, 0.15) is 30.0 Å². The highest BCUT2D eigenvalue weighted by Crippen LogP contribution is 2.19. The molecule has 4 rings (SSSR count). The van der Waals surface area contributed by atoms with Crippen LogP contribution in [-0.2, 0) is 37.1 Å². The first-order valence-corrected chi connectivity index (χ1v) is 16.3. The lowest BCUT2D eigenvalue weighted by Crippen LogP contribution is -2.61. The standard InChI is InChI=1S/C35H46N6O7/c1-21(2)30-33(46)37-22(3)20-48-27-10-7-6-9-25(27)31(44)38-26(17-28(42)40-35(4,5)34(47)39-30)32(45)36-18-23-12-14-24(15-13-23)19-41-16-8-11-29(41)43/h6-7,9-10,12-15,21-22,26,30H,8,11,16-20H2,1-5H3,(H,36,45)(H,37,46)(H,38,44)(H,39,47)(H,40,42)/t22-,26-,30+/m0/s1. The van der Waals surface area contributed by atoms with Gasteiger partial charge in [0.2, 0.25) is 29.5 Å². The fourth-order valence-corrected chi connectivity index (χ4v) is 5.48. The number of hydrogen-bond acceptors (Lipinski definition) is 7. The van der Waals surface area contributed by atoms with E-state index in [4.69, 9.17) is 4.74 Å². The van der Waals surface area contributed by atoms with Crippen molar-refractivity contribution in [2.45, 2.75) is 90.6 Å². The minimum absolute atomic E-state index is 0.0252. The molecule has 258 valence electrons. The molecule has 3 atom stereocenters. The number of hydrogen-bond donors (Lipinski definition) is 5. The molecule has 2 aromatic rings. The van der Waals surface area contributed by atoms with Crippen LogP contribution < -0.4 is 31.3 Å². The highest BCUT2D eigenvalue weighted by atomic mass is 16.5. The number of rotatable bonds is 6. The van der Waals surface area contributed by atoms with Crippen LogP contribution in [0.5, 0.6) is 5.75 Å². The minimum atomic E-state index is -1.45. The predicted octanol–water partition coefficient (Wildman–Crippen LogP) is 1.55. The monoisotopic (exact) mass is 662 g/mol. The number of amides is 6. The molecule has 0 radical (unpaired) electrons. The van der Waals surface area contributed by atoms with Crippen molar-refractivity contribution in [3.05, 3.63) is 65.2 Å². The highest BCUT2D eigenvalue weighted by molar-refractivity contribution is 6.01. The molecule has 0 spiro atoms. The number of carbonyl (C=O) groups excluding carboxylic acids is 6. The van der Waals surface area contributed by atoms with Gasteiger partial charge in [0.25, 0.3) is 5.91 Å². The second kappa shape index (κ2) is 15.8. The molecular weight excluding hydrogens is 616 g/mol. The molecule has 0 bridgehead atoms. The van der Waals surface area contributed by atoms with Crippen molar-refractivity contribution < 1.29 is 33.5 Å². The van der Waals surface area contributed by atoms with Crippen molar-refractivity contribution in [2.24, 2.45) is 5.92 Å². The van der Waals surface area contributed by atoms with E-state index in [-0.39, 0.29) is 36.3 Å². The summed E-state index contributed by atoms with van der Waals surface area (Å²) < 4.78 is 5.91. The third-order valence-electron chi connectivity index (χ3n) is 8.31. The van der Waals surface area contributed by atoms with Crippen LogP contribution in [0.15, 0.2) is 48.5 Å². The number of carbonyl (C=O) groups is 6. The van der Waals surface area contributed by atoms with Crippen molar-refractivity contribution in [3.8, 4) is 5.75 Å². The lowest BCUT2D eigenvalue weighted by atomic mass is 9.98. The largest absolute Gasteiger partial charge is 0.491 e. The van der Waals surface area contributed by atoms with Crippen LogP contribution in [0.3, 0.4) is 0 Å². The molecule has 0 saturated carbocycles. The zero-order valence-electron chi connectivity index (χ0n) is 28.2. The SMILES string of the molecule is CC(C)[C@H]1NC(=O)C(C)(C)NC(=O)C[C@@H](C(=O)NCc2ccc(CN3CCCC3=O)cc2)NC(=O)c2ccccc2OC[C@H](C)NC1=O. The summed E-state index contributed by atoms with van der Waals surface area (Å²) in [4.78, 5) is 80.5. The first-order valence-electron chi connectivity index (χ1n) is 16.3. The van der Waals surface area contributed by atoms with Gasteiger partial charge in [-0.15, -0.1) is 0 Å². The molecule has 2 aliphatic rings. The Balaban J connectivity index is 1.53. The van der Waals surface area contributed by atoms with E-state index in [1.807, 2.05) is 29.2 Å². The Morgan fingerprint density at radius 2 is 1.67 bits per heavy atom. The van der Waals surface area contributed by atoms with Gasteiger partial charge >= 0.3 is 0 Å². The molecular formula is C35H46N6O7. The van der Waals surface area contributed by atoms with E-state index in [0.717, 1.165) is 24.1 Å². The molecule has 2 aromatic carbocycles. The number of fused-ring (bicyclic) bond motifs is 1. The third kappa shape index (κ3) is 9.55. The van der Waals surface area contributed by atoms with Crippen LogP contribution in [-0.4, -0.2) is 77.2 Å². The van der Waals surface area contributed by atoms with Gasteiger partial charge in [-0.05, 0) is 56.4 Å². The predicted molar refractivity (Wildman–Crippen MR) is 177 cm³/mol. The number of nitrogens with one attached hydrogen (secondary N) is 5.